The number of carbonyl (C=O) groups is 1. The first-order valence-corrected chi connectivity index (χ1v) is 10.7. The topological polar surface area (TPSA) is 128 Å². The van der Waals surface area contributed by atoms with Crippen LogP contribution in [0.25, 0.3) is 11.3 Å². The first-order chi connectivity index (χ1) is 16.3. The minimum absolute atomic E-state index is 0.0247. The normalized spacial score (nSPS) is 29.7. The summed E-state index contributed by atoms with van der Waals surface area (Å²) in [5, 5.41) is 31.0. The maximum absolute atomic E-state index is 13.7. The number of carbonyl (C=O) groups excluding carboxylic acids is 1. The molecule has 0 bridgehead atoms. The summed E-state index contributed by atoms with van der Waals surface area (Å²) >= 11 is 0. The Hall–Kier alpha value is -2.58. The third-order valence-electron chi connectivity index (χ3n) is 6.23. The monoisotopic (exact) mass is 486 g/mol. The lowest BCUT2D eigenvalue weighted by atomic mass is 9.85. The fourth-order valence-corrected chi connectivity index (χ4v) is 4.38. The van der Waals surface area contributed by atoms with E-state index in [1.807, 2.05) is 0 Å². The number of nitrogens with zero attached hydrogens (tertiary/aromatic N) is 3. The van der Waals surface area contributed by atoms with Gasteiger partial charge >= 0.3 is 0 Å². The van der Waals surface area contributed by atoms with Crippen LogP contribution >= 0.6 is 0 Å². The Morgan fingerprint density at radius 3 is 2.68 bits per heavy atom. The molecule has 13 heteroatoms. The number of hydrogen-bond acceptors (Lipinski definition) is 8. The van der Waals surface area contributed by atoms with Crippen molar-refractivity contribution in [2.24, 2.45) is 0 Å². The van der Waals surface area contributed by atoms with Crippen molar-refractivity contribution in [1.29, 1.82) is 0 Å². The predicted molar refractivity (Wildman–Crippen MR) is 109 cm³/mol. The van der Waals surface area contributed by atoms with Gasteiger partial charge in [-0.3, -0.25) is 4.79 Å². The number of hydrogen-bond donors (Lipinski definition) is 3. The second-order valence-corrected chi connectivity index (χ2v) is 8.26. The summed E-state index contributed by atoms with van der Waals surface area (Å²) < 4.78 is 58.5. The van der Waals surface area contributed by atoms with Crippen LogP contribution in [0.4, 0.5) is 13.2 Å². The highest BCUT2D eigenvalue weighted by molar-refractivity contribution is 5.87. The largest absolute Gasteiger partial charge is 0.393 e. The summed E-state index contributed by atoms with van der Waals surface area (Å²) in [5.74, 6) is -4.98. The van der Waals surface area contributed by atoms with Crippen molar-refractivity contribution in [3.05, 3.63) is 35.8 Å². The SMILES string of the molecule is COC1C(n2cc(-c3cc(F)c(F)c(F)c3)nn2)CCOC1(CO)C(=O)N[C@H]1CCOC[C@@H]1O. The van der Waals surface area contributed by atoms with Gasteiger partial charge in [0.1, 0.15) is 11.8 Å². The van der Waals surface area contributed by atoms with E-state index in [0.29, 0.717) is 19.4 Å². The van der Waals surface area contributed by atoms with Crippen LogP contribution in [0.15, 0.2) is 18.3 Å². The molecule has 2 fully saturated rings. The van der Waals surface area contributed by atoms with Gasteiger partial charge in [-0.2, -0.15) is 0 Å². The van der Waals surface area contributed by atoms with Crippen LogP contribution in [0, 0.1) is 17.5 Å². The third kappa shape index (κ3) is 4.41. The van der Waals surface area contributed by atoms with Gasteiger partial charge in [-0.25, -0.2) is 17.9 Å². The quantitative estimate of drug-likeness (QED) is 0.499. The van der Waals surface area contributed by atoms with E-state index < -0.39 is 59.9 Å². The van der Waals surface area contributed by atoms with E-state index in [-0.39, 0.29) is 24.5 Å². The second kappa shape index (κ2) is 9.96. The molecule has 1 aromatic heterocycles. The Bertz CT molecular complexity index is 1020. The molecule has 10 nitrogen and oxygen atoms in total. The number of aliphatic hydroxyl groups is 2. The molecule has 0 aliphatic carbocycles. The highest BCUT2D eigenvalue weighted by Gasteiger charge is 2.54. The molecule has 3 unspecified atom stereocenters. The van der Waals surface area contributed by atoms with Crippen LogP contribution in [-0.2, 0) is 19.0 Å². The maximum Gasteiger partial charge on any atom is 0.257 e. The van der Waals surface area contributed by atoms with Gasteiger partial charge in [-0.15, -0.1) is 5.10 Å². The predicted octanol–water partition coefficient (Wildman–Crippen LogP) is 0.336. The first-order valence-electron chi connectivity index (χ1n) is 10.7. The lowest BCUT2D eigenvalue weighted by Crippen LogP contribution is -2.66. The standard InChI is InChI=1S/C21H25F3N4O6/c1-32-19-16(28-8-15(26-27-28)11-6-12(22)18(24)13(23)7-11)3-5-34-21(19,10-29)20(31)25-14-2-4-33-9-17(14)30/h6-8,14,16-17,19,29-30H,2-5,9-10H2,1H3,(H,25,31)/t14-,16?,17-,19?,21?/m0/s1. The van der Waals surface area contributed by atoms with E-state index in [2.05, 4.69) is 15.6 Å². The summed E-state index contributed by atoms with van der Waals surface area (Å²) in [6, 6.07) is 0.366. The number of amides is 1. The number of nitrogens with one attached hydrogen (secondary N) is 1. The molecule has 186 valence electrons. The van der Waals surface area contributed by atoms with E-state index >= 15 is 0 Å². The average Bonchev–Trinajstić information content (AvgIpc) is 3.33. The molecule has 3 heterocycles. The maximum atomic E-state index is 13.7. The van der Waals surface area contributed by atoms with Gasteiger partial charge in [0.05, 0.1) is 44.2 Å². The van der Waals surface area contributed by atoms with Gasteiger partial charge in [0.15, 0.2) is 23.1 Å². The number of halogens is 3. The summed E-state index contributed by atoms with van der Waals surface area (Å²) in [5.41, 5.74) is -1.76. The molecule has 1 amide bonds. The molecule has 0 saturated carbocycles. The molecule has 3 N–H and O–H groups in total. The van der Waals surface area contributed by atoms with Gasteiger partial charge in [0.2, 0.25) is 0 Å². The molecule has 34 heavy (non-hydrogen) atoms. The molecule has 0 spiro atoms. The zero-order valence-electron chi connectivity index (χ0n) is 18.3. The Morgan fingerprint density at radius 1 is 1.29 bits per heavy atom. The van der Waals surface area contributed by atoms with E-state index in [9.17, 15) is 28.2 Å². The Labute approximate surface area is 192 Å². The fourth-order valence-electron chi connectivity index (χ4n) is 4.38. The van der Waals surface area contributed by atoms with E-state index in [0.717, 1.165) is 12.1 Å². The van der Waals surface area contributed by atoms with Crippen molar-refractivity contribution in [2.45, 2.75) is 42.7 Å². The summed E-state index contributed by atoms with van der Waals surface area (Å²) in [4.78, 5) is 13.3. The zero-order chi connectivity index (χ0) is 24.5. The molecule has 1 aromatic carbocycles. The molecular weight excluding hydrogens is 461 g/mol. The lowest BCUT2D eigenvalue weighted by Gasteiger charge is -2.45. The number of rotatable bonds is 6. The van der Waals surface area contributed by atoms with Crippen LogP contribution in [-0.4, -0.2) is 88.5 Å². The first kappa shape index (κ1) is 24.5. The summed E-state index contributed by atoms with van der Waals surface area (Å²) in [6.07, 6.45) is 0.147. The van der Waals surface area contributed by atoms with E-state index in [4.69, 9.17) is 14.2 Å². The molecule has 2 aromatic rings. The van der Waals surface area contributed by atoms with Crippen molar-refractivity contribution in [3.63, 3.8) is 0 Å². The van der Waals surface area contributed by atoms with Crippen molar-refractivity contribution < 1.29 is 42.4 Å². The van der Waals surface area contributed by atoms with Gasteiger partial charge in [-0.05, 0) is 25.0 Å². The van der Waals surface area contributed by atoms with E-state index in [1.165, 1.54) is 18.0 Å². The number of ether oxygens (including phenoxy) is 3. The van der Waals surface area contributed by atoms with Gasteiger partial charge in [0.25, 0.3) is 5.91 Å². The smallest absolute Gasteiger partial charge is 0.257 e. The van der Waals surface area contributed by atoms with Gasteiger partial charge < -0.3 is 29.7 Å². The Morgan fingerprint density at radius 2 is 2.03 bits per heavy atom. The molecule has 2 aliphatic rings. The van der Waals surface area contributed by atoms with Crippen molar-refractivity contribution in [2.75, 3.05) is 33.5 Å². The molecule has 2 aliphatic heterocycles. The Kier molecular flexibility index (Phi) is 7.19. The Balaban J connectivity index is 1.60. The zero-order valence-corrected chi connectivity index (χ0v) is 18.3. The van der Waals surface area contributed by atoms with Crippen LogP contribution in [0.1, 0.15) is 18.9 Å². The lowest BCUT2D eigenvalue weighted by molar-refractivity contribution is -0.207. The molecular formula is C21H25F3N4O6. The third-order valence-corrected chi connectivity index (χ3v) is 6.23. The number of aromatic nitrogens is 3. The highest BCUT2D eigenvalue weighted by atomic mass is 19.2. The minimum atomic E-state index is -1.81. The molecule has 2 saturated heterocycles. The van der Waals surface area contributed by atoms with Crippen LogP contribution < -0.4 is 5.32 Å². The molecule has 4 rings (SSSR count). The average molecular weight is 486 g/mol. The molecule has 5 atom stereocenters. The van der Waals surface area contributed by atoms with Crippen molar-refractivity contribution in [3.8, 4) is 11.3 Å². The van der Waals surface area contributed by atoms with Crippen LogP contribution in [0.5, 0.6) is 0 Å². The van der Waals surface area contributed by atoms with Crippen LogP contribution in [0.3, 0.4) is 0 Å². The number of benzene rings is 1. The van der Waals surface area contributed by atoms with Crippen LogP contribution in [0.2, 0.25) is 0 Å². The number of aliphatic hydroxyl groups excluding tert-OH is 2. The second-order valence-electron chi connectivity index (χ2n) is 8.26. The van der Waals surface area contributed by atoms with E-state index in [1.54, 1.807) is 0 Å². The molecule has 0 radical (unpaired) electrons. The number of methoxy groups -OCH3 is 1. The fraction of sp³-hybridized carbons (Fsp3) is 0.571. The van der Waals surface area contributed by atoms with Crippen molar-refractivity contribution in [1.82, 2.24) is 20.3 Å². The van der Waals surface area contributed by atoms with Crippen molar-refractivity contribution >= 4 is 5.91 Å². The summed E-state index contributed by atoms with van der Waals surface area (Å²) in [7, 11) is 1.34. The van der Waals surface area contributed by atoms with Gasteiger partial charge in [-0.1, -0.05) is 5.21 Å². The summed E-state index contributed by atoms with van der Waals surface area (Å²) in [6.45, 7) is -0.231. The highest BCUT2D eigenvalue weighted by Crippen LogP contribution is 2.36. The minimum Gasteiger partial charge on any atom is -0.393 e. The van der Waals surface area contributed by atoms with Gasteiger partial charge in [0, 0.05) is 19.3 Å².